The molecule has 0 atom stereocenters. The number of anilines is 2. The largest absolute Gasteiger partial charge is 0.505 e. The van der Waals surface area contributed by atoms with Crippen molar-refractivity contribution in [3.8, 4) is 5.75 Å². The van der Waals surface area contributed by atoms with Gasteiger partial charge in [0.15, 0.2) is 37.7 Å². The maximum atomic E-state index is 13.9. The average Bonchev–Trinajstić information content (AvgIpc) is 3.29. The van der Waals surface area contributed by atoms with Gasteiger partial charge in [0.2, 0.25) is 0 Å². The molecule has 5 aromatic rings. The second kappa shape index (κ2) is 24.3. The van der Waals surface area contributed by atoms with Crippen LogP contribution in [-0.4, -0.2) is 107 Å². The molecule has 0 radical (unpaired) electrons. The number of rotatable bonds is 26. The molecule has 0 heterocycles. The molecule has 0 aromatic heterocycles. The number of phenols is 1. The van der Waals surface area contributed by atoms with Crippen molar-refractivity contribution in [2.75, 3.05) is 53.1 Å². The number of hydrogen-bond acceptors (Lipinski definition) is 25. The lowest BCUT2D eigenvalue weighted by atomic mass is 10.1. The summed E-state index contributed by atoms with van der Waals surface area (Å²) in [7, 11) is -17.4. The van der Waals surface area contributed by atoms with E-state index in [9.17, 15) is 48.1 Å². The predicted octanol–water partition coefficient (Wildman–Crippen LogP) is 6.72. The first kappa shape index (κ1) is 53.7. The SMILES string of the molecule is O=C(c1cccc(/N=N/c2c(SOOO)cc3c(/N=N/c4ccc(S(=O)(=O)CCOSOOO)cc4)c(NCS(=O)(=O)O)ccc3c2O)c1)N(CCS(=O)(=O)CCOS(=O)(=O)O)c1ccccc1. The minimum Gasteiger partial charge on any atom is -0.505 e. The summed E-state index contributed by atoms with van der Waals surface area (Å²) in [4.78, 5) is 14.9. The zero-order valence-electron chi connectivity index (χ0n) is 34.2. The van der Waals surface area contributed by atoms with Crippen LogP contribution in [0.25, 0.3) is 10.8 Å². The molecule has 1 amide bonds. The number of carbonyl (C=O) groups is 1. The number of amides is 1. The number of sulfone groups is 2. The monoisotopic (exact) mass is 1060 g/mol. The molecule has 0 saturated carbocycles. The highest BCUT2D eigenvalue weighted by atomic mass is 32.3. The molecule has 0 aliphatic heterocycles. The highest BCUT2D eigenvalue weighted by Gasteiger charge is 2.24. The van der Waals surface area contributed by atoms with Crippen LogP contribution in [0, 0.1) is 0 Å². The van der Waals surface area contributed by atoms with Crippen LogP contribution >= 0.6 is 24.4 Å². The van der Waals surface area contributed by atoms with E-state index in [1.54, 1.807) is 30.3 Å². The Bertz CT molecular complexity index is 3080. The van der Waals surface area contributed by atoms with Gasteiger partial charge in [-0.2, -0.15) is 27.1 Å². The quantitative estimate of drug-likeness (QED) is 0.00835. The maximum Gasteiger partial charge on any atom is 0.397 e. The van der Waals surface area contributed by atoms with E-state index in [-0.39, 0.29) is 80.0 Å². The molecule has 5 rings (SSSR count). The van der Waals surface area contributed by atoms with Gasteiger partial charge in [0, 0.05) is 28.6 Å². The minimum atomic E-state index is -4.88. The van der Waals surface area contributed by atoms with E-state index in [0.29, 0.717) is 17.7 Å². The lowest BCUT2D eigenvalue weighted by Crippen LogP contribution is -2.36. The van der Waals surface area contributed by atoms with Gasteiger partial charge in [-0.05, 0) is 72.8 Å². The summed E-state index contributed by atoms with van der Waals surface area (Å²) in [6.45, 7) is -1.57. The van der Waals surface area contributed by atoms with E-state index in [0.717, 1.165) is 4.90 Å². The molecule has 32 heteroatoms. The number of phenolic OH excluding ortho intramolecular Hbond substituents is 1. The lowest BCUT2D eigenvalue weighted by molar-refractivity contribution is -0.434. The van der Waals surface area contributed by atoms with Gasteiger partial charge in [-0.3, -0.25) is 18.1 Å². The van der Waals surface area contributed by atoms with Gasteiger partial charge in [-0.25, -0.2) is 31.5 Å². The number of fused-ring (bicyclic) bond motifs is 1. The van der Waals surface area contributed by atoms with Crippen LogP contribution in [0.3, 0.4) is 0 Å². The fourth-order valence-electron chi connectivity index (χ4n) is 5.71. The number of nitrogens with zero attached hydrogens (tertiary/aromatic N) is 5. The number of para-hydroxylation sites is 1. The Morgan fingerprint density at radius 3 is 2.06 bits per heavy atom. The summed E-state index contributed by atoms with van der Waals surface area (Å²) in [5.74, 6) is -4.13. The van der Waals surface area contributed by atoms with Crippen LogP contribution in [0.1, 0.15) is 10.4 Å². The van der Waals surface area contributed by atoms with Crippen LogP contribution in [0.15, 0.2) is 127 Å². The molecule has 26 nitrogen and oxygen atoms in total. The molecule has 5 aromatic carbocycles. The molecule has 366 valence electrons. The third-order valence-electron chi connectivity index (χ3n) is 8.73. The molecule has 6 N–H and O–H groups in total. The van der Waals surface area contributed by atoms with Crippen molar-refractivity contribution in [1.29, 1.82) is 0 Å². The van der Waals surface area contributed by atoms with Crippen molar-refractivity contribution in [3.05, 3.63) is 103 Å². The minimum absolute atomic E-state index is 0.00786. The summed E-state index contributed by atoms with van der Waals surface area (Å²) in [5.41, 5.74) is 0.000714. The summed E-state index contributed by atoms with van der Waals surface area (Å²) in [5, 5.41) is 55.2. The smallest absolute Gasteiger partial charge is 0.397 e. The number of azo groups is 2. The van der Waals surface area contributed by atoms with Gasteiger partial charge >= 0.3 is 10.4 Å². The van der Waals surface area contributed by atoms with Gasteiger partial charge < -0.3 is 15.3 Å². The van der Waals surface area contributed by atoms with Crippen molar-refractivity contribution in [3.63, 3.8) is 0 Å². The number of nitrogens with one attached hydrogen (secondary N) is 1. The predicted molar refractivity (Wildman–Crippen MR) is 242 cm³/mol. The third-order valence-corrected chi connectivity index (χ3v) is 14.0. The fourth-order valence-corrected chi connectivity index (χ4v) is 9.35. The molecule has 0 fully saturated rings. The molecular weight excluding hydrogens is 1030 g/mol. The Morgan fingerprint density at radius 2 is 1.38 bits per heavy atom. The van der Waals surface area contributed by atoms with Crippen molar-refractivity contribution < 1.29 is 90.3 Å². The lowest BCUT2D eigenvalue weighted by Gasteiger charge is -2.23. The first-order chi connectivity index (χ1) is 32.2. The highest BCUT2D eigenvalue weighted by Crippen LogP contribution is 2.48. The first-order valence-corrected chi connectivity index (χ1v) is 26.4. The van der Waals surface area contributed by atoms with Crippen molar-refractivity contribution in [2.45, 2.75) is 9.79 Å². The van der Waals surface area contributed by atoms with E-state index in [1.165, 1.54) is 66.7 Å². The molecular formula is C36H36N6O20S6. The Hall–Kier alpha value is -5.27. The van der Waals surface area contributed by atoms with Crippen molar-refractivity contribution >= 4 is 115 Å². The van der Waals surface area contributed by atoms with Crippen LogP contribution in [0.4, 0.5) is 34.1 Å². The Kier molecular flexibility index (Phi) is 19.2. The molecule has 0 spiro atoms. The van der Waals surface area contributed by atoms with Crippen molar-refractivity contribution in [2.24, 2.45) is 20.5 Å². The summed E-state index contributed by atoms with van der Waals surface area (Å²) in [6.07, 6.45) is 0. The van der Waals surface area contributed by atoms with Crippen molar-refractivity contribution in [1.82, 2.24) is 0 Å². The molecule has 0 bridgehead atoms. The second-order valence-electron chi connectivity index (χ2n) is 13.2. The van der Waals surface area contributed by atoms with Gasteiger partial charge in [0.1, 0.15) is 17.3 Å². The number of hydrogen-bond donors (Lipinski definition) is 6. The van der Waals surface area contributed by atoms with Crippen LogP contribution in [-0.2, 0) is 67.3 Å². The summed E-state index contributed by atoms with van der Waals surface area (Å²) >= 11 is 0.534. The molecule has 0 aliphatic carbocycles. The van der Waals surface area contributed by atoms with E-state index >= 15 is 0 Å². The molecule has 0 unspecified atom stereocenters. The zero-order chi connectivity index (χ0) is 49.5. The van der Waals surface area contributed by atoms with Crippen LogP contribution in [0.2, 0.25) is 0 Å². The number of benzene rings is 5. The topological polar surface area (TPSA) is 375 Å². The molecule has 0 aliphatic rings. The fraction of sp³-hybridized carbons (Fsp3) is 0.194. The highest BCUT2D eigenvalue weighted by molar-refractivity contribution is 7.94. The van der Waals surface area contributed by atoms with E-state index in [1.807, 2.05) is 0 Å². The Labute approximate surface area is 395 Å². The standard InChI is InChI=1S/C36H36N6O20S6/c43-35-29-13-14-31(37-23-67(51,52)53)33(40-38-25-9-11-28(12-10-25)66(49,50)20-16-57-64-62-60-46)30(29)22-32(63-61-59-45)34(35)41-39-26-6-4-5-24(21-26)36(44)42(27-7-2-1-3-8-27)15-18-65(47,48)19-17-58-68(54,55)56/h1-14,21-22,37,43,45-46H,15-20,23H2,(H,51,52,53)(H,54,55,56)/b40-38+,41-39+. The second-order valence-corrected chi connectivity index (χ2v) is 21.5. The van der Waals surface area contributed by atoms with Gasteiger partial charge in [-0.15, -0.1) is 18.9 Å². The number of carbonyl (C=O) groups excluding carboxylic acids is 1. The first-order valence-electron chi connectivity index (χ1n) is 18.6. The van der Waals surface area contributed by atoms with E-state index < -0.39 is 81.6 Å². The average molecular weight is 1070 g/mol. The summed E-state index contributed by atoms with van der Waals surface area (Å²) in [6, 6.07) is 22.6. The van der Waals surface area contributed by atoms with Gasteiger partial charge in [-0.1, -0.05) is 34.3 Å². The maximum absolute atomic E-state index is 13.9. The van der Waals surface area contributed by atoms with Crippen LogP contribution < -0.4 is 10.2 Å². The Balaban J connectivity index is 1.48. The molecule has 68 heavy (non-hydrogen) atoms. The third kappa shape index (κ3) is 16.2. The van der Waals surface area contributed by atoms with E-state index in [2.05, 4.69) is 48.7 Å². The van der Waals surface area contributed by atoms with Gasteiger partial charge in [0.05, 0.1) is 69.4 Å². The zero-order valence-corrected chi connectivity index (χ0v) is 39.1. The summed E-state index contributed by atoms with van der Waals surface area (Å²) < 4.78 is 132. The van der Waals surface area contributed by atoms with Crippen LogP contribution in [0.5, 0.6) is 5.75 Å². The van der Waals surface area contributed by atoms with Gasteiger partial charge in [0.25, 0.3) is 16.0 Å². The van der Waals surface area contributed by atoms with E-state index in [4.69, 9.17) is 19.3 Å². The molecule has 0 saturated heterocycles. The normalized spacial score (nSPS) is 12.6. The Morgan fingerprint density at radius 1 is 0.691 bits per heavy atom. The number of aromatic hydroxyl groups is 1.